The molecule has 0 unspecified atom stereocenters. The van der Waals surface area contributed by atoms with Crippen LogP contribution < -0.4 is 14.8 Å². The lowest BCUT2D eigenvalue weighted by Crippen LogP contribution is -2.45. The Morgan fingerprint density at radius 3 is 2.27 bits per heavy atom. The average Bonchev–Trinajstić information content (AvgIpc) is 3.17. The number of fused-ring (bicyclic) bond motifs is 1. The van der Waals surface area contributed by atoms with Gasteiger partial charge >= 0.3 is 5.97 Å². The van der Waals surface area contributed by atoms with Gasteiger partial charge in [-0.3, -0.25) is 14.5 Å². The third-order valence-electron chi connectivity index (χ3n) is 10.0. The summed E-state index contributed by atoms with van der Waals surface area (Å²) in [5.41, 5.74) is 8.19. The van der Waals surface area contributed by atoms with Crippen LogP contribution >= 0.6 is 0 Å². The molecule has 0 bridgehead atoms. The van der Waals surface area contributed by atoms with E-state index in [9.17, 15) is 14.7 Å². The van der Waals surface area contributed by atoms with Gasteiger partial charge < -0.3 is 34.1 Å². The number of hydrogen-bond acceptors (Lipinski definition) is 9. The molecule has 1 fully saturated rings. The fraction of sp³-hybridized carbons (Fsp3) is 0.381. The van der Waals surface area contributed by atoms with Gasteiger partial charge in [-0.05, 0) is 64.4 Å². The number of nitrogens with one attached hydrogen (secondary N) is 1. The molecule has 1 amide bonds. The molecule has 274 valence electrons. The minimum atomic E-state index is -0.874. The number of amides is 1. The van der Waals surface area contributed by atoms with Crippen LogP contribution in [0.4, 0.5) is 0 Å². The Morgan fingerprint density at radius 1 is 0.923 bits per heavy atom. The Hall–Kier alpha value is -4.74. The summed E-state index contributed by atoms with van der Waals surface area (Å²) in [7, 11) is 3.33. The summed E-state index contributed by atoms with van der Waals surface area (Å²) < 4.78 is 29.7. The van der Waals surface area contributed by atoms with E-state index in [1.165, 1.54) is 18.1 Å². The highest BCUT2D eigenvalue weighted by Gasteiger charge is 2.39. The summed E-state index contributed by atoms with van der Waals surface area (Å²) in [5, 5.41) is 12.5. The van der Waals surface area contributed by atoms with E-state index >= 15 is 0 Å². The van der Waals surface area contributed by atoms with Crippen molar-refractivity contribution in [3.8, 4) is 22.6 Å². The maximum absolute atomic E-state index is 12.5. The first kappa shape index (κ1) is 37.0. The van der Waals surface area contributed by atoms with Gasteiger partial charge in [0, 0.05) is 44.6 Å². The van der Waals surface area contributed by atoms with Crippen molar-refractivity contribution in [3.05, 3.63) is 118 Å². The number of aliphatic hydroxyl groups is 1. The lowest BCUT2D eigenvalue weighted by atomic mass is 9.89. The molecule has 6 rings (SSSR count). The maximum atomic E-state index is 12.5. The minimum absolute atomic E-state index is 0.0158. The zero-order chi connectivity index (χ0) is 36.8. The lowest BCUT2D eigenvalue weighted by Gasteiger charge is -2.43. The fourth-order valence-electron chi connectivity index (χ4n) is 7.08. The summed E-state index contributed by atoms with van der Waals surface area (Å²) in [6.07, 6.45) is -0.921. The van der Waals surface area contributed by atoms with Crippen molar-refractivity contribution in [2.24, 2.45) is 5.92 Å². The van der Waals surface area contributed by atoms with Gasteiger partial charge in [0.1, 0.15) is 0 Å². The van der Waals surface area contributed by atoms with E-state index in [1.54, 1.807) is 21.1 Å². The van der Waals surface area contributed by atoms with Gasteiger partial charge in [0.15, 0.2) is 23.9 Å². The van der Waals surface area contributed by atoms with Gasteiger partial charge in [-0.25, -0.2) is 0 Å². The van der Waals surface area contributed by atoms with E-state index in [0.717, 1.165) is 70.9 Å². The summed E-state index contributed by atoms with van der Waals surface area (Å²) in [4.78, 5) is 26.3. The monoisotopic (exact) mass is 708 g/mol. The van der Waals surface area contributed by atoms with Crippen LogP contribution in [0.25, 0.3) is 11.1 Å². The van der Waals surface area contributed by atoms with Gasteiger partial charge in [0.25, 0.3) is 5.91 Å². The number of aliphatic hydroxyl groups excluding tert-OH is 1. The molecule has 0 aromatic heterocycles. The summed E-state index contributed by atoms with van der Waals surface area (Å²) in [5.74, 6) is 0.675. The second-order valence-corrected chi connectivity index (χ2v) is 13.5. The minimum Gasteiger partial charge on any atom is -0.493 e. The van der Waals surface area contributed by atoms with Gasteiger partial charge in [-0.1, -0.05) is 79.7 Å². The first-order valence-electron chi connectivity index (χ1n) is 17.8. The van der Waals surface area contributed by atoms with Crippen LogP contribution in [0.5, 0.6) is 11.5 Å². The third-order valence-corrected chi connectivity index (χ3v) is 10.0. The van der Waals surface area contributed by atoms with Gasteiger partial charge in [-0.15, -0.1) is 0 Å². The molecule has 2 heterocycles. The van der Waals surface area contributed by atoms with Crippen LogP contribution in [0.1, 0.15) is 66.5 Å². The normalized spacial score (nSPS) is 20.7. The molecule has 10 nitrogen and oxygen atoms in total. The van der Waals surface area contributed by atoms with Crippen molar-refractivity contribution in [2.45, 2.75) is 71.5 Å². The Bertz CT molecular complexity index is 1840. The van der Waals surface area contributed by atoms with E-state index in [0.29, 0.717) is 0 Å². The molecule has 52 heavy (non-hydrogen) atoms. The molecule has 0 spiro atoms. The molecule has 2 aliphatic heterocycles. The molecule has 1 saturated heterocycles. The van der Waals surface area contributed by atoms with E-state index < -0.39 is 18.4 Å². The first-order chi connectivity index (χ1) is 25.2. The molecule has 5 atom stereocenters. The summed E-state index contributed by atoms with van der Waals surface area (Å²) in [6, 6.07) is 28.2. The molecular formula is C42H48N2O8. The number of benzene rings is 4. The summed E-state index contributed by atoms with van der Waals surface area (Å²) in [6.45, 7) is 7.70. The smallest absolute Gasteiger partial charge is 0.303 e. The van der Waals surface area contributed by atoms with E-state index in [4.69, 9.17) is 23.7 Å². The topological polar surface area (TPSA) is 116 Å². The predicted octanol–water partition coefficient (Wildman–Crippen LogP) is 6.28. The van der Waals surface area contributed by atoms with Gasteiger partial charge in [-0.2, -0.15) is 0 Å². The number of carbonyl (C=O) groups excluding carboxylic acids is 2. The Morgan fingerprint density at radius 2 is 1.60 bits per heavy atom. The molecule has 10 heteroatoms. The molecular weight excluding hydrogens is 660 g/mol. The van der Waals surface area contributed by atoms with Gasteiger partial charge in [0.05, 0.1) is 33.0 Å². The van der Waals surface area contributed by atoms with E-state index in [1.807, 2.05) is 72.8 Å². The van der Waals surface area contributed by atoms with Crippen molar-refractivity contribution in [3.63, 3.8) is 0 Å². The lowest BCUT2D eigenvalue weighted by molar-refractivity contribution is -0.276. The predicted molar refractivity (Wildman–Crippen MR) is 196 cm³/mol. The van der Waals surface area contributed by atoms with Crippen LogP contribution in [0.2, 0.25) is 0 Å². The molecule has 0 saturated carbocycles. The molecule has 4 aromatic carbocycles. The summed E-state index contributed by atoms with van der Waals surface area (Å²) >= 11 is 0. The molecule has 4 aromatic rings. The number of hydrogen-bond donors (Lipinski definition) is 2. The van der Waals surface area contributed by atoms with E-state index in [-0.39, 0.29) is 37.2 Å². The number of methoxy groups -OCH3 is 2. The standard InChI is InChI=1S/C42H48N2O8/c1-26-39(24-44-19-18-33-20-37(48-4)38(49-5)21-35(33)23-44)51-42(52-40(26)31-12-10-29(25-45)11-13-31)32-16-14-30(15-17-32)36-9-7-6-8-34(36)22-43-41(47)27(2)50-28(3)46/h6-17,20-21,26-27,39-40,42,45H,18-19,22-25H2,1-5H3,(H,43,47)/t26-,27-,39+,40+,42+/m0/s1. The average molecular weight is 709 g/mol. The highest BCUT2D eigenvalue weighted by atomic mass is 16.7. The van der Waals surface area contributed by atoms with Crippen molar-refractivity contribution in [1.82, 2.24) is 10.2 Å². The number of esters is 1. The molecule has 0 radical (unpaired) electrons. The number of carbonyl (C=O) groups is 2. The highest BCUT2D eigenvalue weighted by molar-refractivity contribution is 5.83. The highest BCUT2D eigenvalue weighted by Crippen LogP contribution is 2.43. The first-order valence-corrected chi connectivity index (χ1v) is 17.8. The van der Waals surface area contributed by atoms with Crippen molar-refractivity contribution >= 4 is 11.9 Å². The SMILES string of the molecule is COc1cc2c(cc1OC)CN(C[C@H]1O[C@@H](c3ccc(-c4ccccc4CNC(=O)[C@H](C)OC(C)=O)cc3)O[C@@H](c3ccc(CO)cc3)[C@H]1C)CC2. The third kappa shape index (κ3) is 8.48. The Balaban J connectivity index is 1.21. The zero-order valence-electron chi connectivity index (χ0n) is 30.5. The van der Waals surface area contributed by atoms with Crippen LogP contribution in [0.3, 0.4) is 0 Å². The maximum Gasteiger partial charge on any atom is 0.303 e. The molecule has 0 aliphatic carbocycles. The number of nitrogens with zero attached hydrogens (tertiary/aromatic N) is 1. The second-order valence-electron chi connectivity index (χ2n) is 13.5. The number of ether oxygens (including phenoxy) is 5. The fourth-order valence-corrected chi connectivity index (χ4v) is 7.08. The van der Waals surface area contributed by atoms with Crippen molar-refractivity contribution < 1.29 is 38.4 Å². The Labute approximate surface area is 305 Å². The second kappa shape index (κ2) is 16.7. The van der Waals surface area contributed by atoms with Crippen LogP contribution in [-0.2, 0) is 49.9 Å². The molecule has 2 N–H and O–H groups in total. The van der Waals surface area contributed by atoms with E-state index in [2.05, 4.69) is 29.3 Å². The largest absolute Gasteiger partial charge is 0.493 e. The van der Waals surface area contributed by atoms with Crippen molar-refractivity contribution in [2.75, 3.05) is 27.3 Å². The van der Waals surface area contributed by atoms with Crippen LogP contribution in [-0.4, -0.2) is 61.4 Å². The van der Waals surface area contributed by atoms with Crippen molar-refractivity contribution in [1.29, 1.82) is 0 Å². The zero-order valence-corrected chi connectivity index (χ0v) is 30.5. The Kier molecular flexibility index (Phi) is 11.9. The van der Waals surface area contributed by atoms with Crippen LogP contribution in [0, 0.1) is 5.92 Å². The molecule has 2 aliphatic rings. The van der Waals surface area contributed by atoms with Gasteiger partial charge in [0.2, 0.25) is 0 Å². The van der Waals surface area contributed by atoms with Crippen LogP contribution in [0.15, 0.2) is 84.9 Å². The number of rotatable bonds is 12. The quantitative estimate of drug-likeness (QED) is 0.164.